The normalized spacial score (nSPS) is 16.6. The van der Waals surface area contributed by atoms with Gasteiger partial charge in [-0.3, -0.25) is 10.1 Å². The monoisotopic (exact) mass is 328 g/mol. The van der Waals surface area contributed by atoms with Gasteiger partial charge in [0.2, 0.25) is 11.0 Å². The van der Waals surface area contributed by atoms with Crippen LogP contribution in [0.2, 0.25) is 0 Å². The Morgan fingerprint density at radius 1 is 1.29 bits per heavy atom. The molecule has 118 valence electrons. The fourth-order valence-electron chi connectivity index (χ4n) is 2.32. The largest absolute Gasteiger partial charge is 0.303 e. The van der Waals surface area contributed by atoms with Crippen LogP contribution in [0, 0.1) is 0 Å². The molecule has 1 aromatic heterocycles. The van der Waals surface area contributed by atoms with Gasteiger partial charge in [0.1, 0.15) is 5.01 Å². The number of thioether (sulfide) groups is 1. The van der Waals surface area contributed by atoms with E-state index in [-0.39, 0.29) is 5.91 Å². The summed E-state index contributed by atoms with van der Waals surface area (Å²) in [7, 11) is 0. The van der Waals surface area contributed by atoms with Gasteiger partial charge >= 0.3 is 0 Å². The zero-order valence-electron chi connectivity index (χ0n) is 12.6. The van der Waals surface area contributed by atoms with Crippen molar-refractivity contribution in [1.82, 2.24) is 15.1 Å². The van der Waals surface area contributed by atoms with E-state index < -0.39 is 0 Å². The summed E-state index contributed by atoms with van der Waals surface area (Å²) in [6.07, 6.45) is 6.24. The summed E-state index contributed by atoms with van der Waals surface area (Å²) >= 11 is 3.15. The molecule has 0 bridgehead atoms. The average Bonchev–Trinajstić information content (AvgIpc) is 2.77. The van der Waals surface area contributed by atoms with E-state index in [2.05, 4.69) is 20.4 Å². The molecule has 2 rings (SSSR count). The summed E-state index contributed by atoms with van der Waals surface area (Å²) in [5, 5.41) is 12.3. The van der Waals surface area contributed by atoms with Crippen molar-refractivity contribution < 1.29 is 4.79 Å². The highest BCUT2D eigenvalue weighted by molar-refractivity contribution is 7.99. The van der Waals surface area contributed by atoms with Gasteiger partial charge in [-0.2, -0.15) is 11.8 Å². The Morgan fingerprint density at radius 3 is 2.71 bits per heavy atom. The van der Waals surface area contributed by atoms with Crippen LogP contribution in [0.15, 0.2) is 0 Å². The molecule has 7 heteroatoms. The van der Waals surface area contributed by atoms with Crippen LogP contribution >= 0.6 is 23.1 Å². The standard InChI is InChI=1S/C14H24N4OS2/c1-2-13-16-17-14(21-13)15-12(19)11-20-10-9-18-7-5-3-4-6-8-18/h2-11H2,1H3,(H,15,17,19). The third-order valence-electron chi connectivity index (χ3n) is 3.50. The van der Waals surface area contributed by atoms with Crippen molar-refractivity contribution in [2.24, 2.45) is 0 Å². The van der Waals surface area contributed by atoms with E-state index in [9.17, 15) is 4.79 Å². The number of hydrogen-bond acceptors (Lipinski definition) is 6. The molecule has 0 radical (unpaired) electrons. The maximum atomic E-state index is 11.8. The highest BCUT2D eigenvalue weighted by Crippen LogP contribution is 2.16. The fraction of sp³-hybridized carbons (Fsp3) is 0.786. The molecule has 0 atom stereocenters. The van der Waals surface area contributed by atoms with Gasteiger partial charge in [0.05, 0.1) is 5.75 Å². The molecule has 0 unspecified atom stereocenters. The molecule has 2 heterocycles. The number of nitrogens with zero attached hydrogens (tertiary/aromatic N) is 3. The van der Waals surface area contributed by atoms with Crippen LogP contribution in [0.5, 0.6) is 0 Å². The van der Waals surface area contributed by atoms with Gasteiger partial charge < -0.3 is 4.90 Å². The topological polar surface area (TPSA) is 58.1 Å². The van der Waals surface area contributed by atoms with Gasteiger partial charge in [-0.25, -0.2) is 0 Å². The van der Waals surface area contributed by atoms with Crippen molar-refractivity contribution in [2.45, 2.75) is 39.0 Å². The lowest BCUT2D eigenvalue weighted by Gasteiger charge is -2.18. The molecule has 1 aliphatic rings. The molecule has 5 nitrogen and oxygen atoms in total. The third kappa shape index (κ3) is 6.32. The van der Waals surface area contributed by atoms with Crippen molar-refractivity contribution in [1.29, 1.82) is 0 Å². The van der Waals surface area contributed by atoms with Crippen molar-refractivity contribution >= 4 is 34.1 Å². The summed E-state index contributed by atoms with van der Waals surface area (Å²) in [6.45, 7) is 5.57. The summed E-state index contributed by atoms with van der Waals surface area (Å²) in [6, 6.07) is 0. The molecule has 0 aliphatic carbocycles. The Labute approximate surface area is 134 Å². The first kappa shape index (κ1) is 16.7. The van der Waals surface area contributed by atoms with Crippen LogP contribution in [-0.4, -0.2) is 52.1 Å². The Kier molecular flexibility index (Phi) is 7.46. The third-order valence-corrected chi connectivity index (χ3v) is 5.42. The van der Waals surface area contributed by atoms with Gasteiger partial charge in [0, 0.05) is 12.3 Å². The number of amides is 1. The lowest BCUT2D eigenvalue weighted by atomic mass is 10.2. The number of carbonyl (C=O) groups excluding carboxylic acids is 1. The number of nitrogens with one attached hydrogen (secondary N) is 1. The quantitative estimate of drug-likeness (QED) is 0.780. The number of anilines is 1. The van der Waals surface area contributed by atoms with Crippen molar-refractivity contribution in [3.05, 3.63) is 5.01 Å². The number of aromatic nitrogens is 2. The summed E-state index contributed by atoms with van der Waals surface area (Å²) in [5.74, 6) is 1.54. The molecule has 1 N–H and O–H groups in total. The van der Waals surface area contributed by atoms with Crippen LogP contribution in [0.25, 0.3) is 0 Å². The maximum Gasteiger partial charge on any atom is 0.236 e. The van der Waals surface area contributed by atoms with Gasteiger partial charge in [0.25, 0.3) is 0 Å². The summed E-state index contributed by atoms with van der Waals surface area (Å²) < 4.78 is 0. The van der Waals surface area contributed by atoms with Crippen molar-refractivity contribution in [2.75, 3.05) is 36.5 Å². The van der Waals surface area contributed by atoms with Crippen LogP contribution in [-0.2, 0) is 11.2 Å². The minimum Gasteiger partial charge on any atom is -0.303 e. The predicted molar refractivity (Wildman–Crippen MR) is 90.1 cm³/mol. The number of hydrogen-bond donors (Lipinski definition) is 1. The lowest BCUT2D eigenvalue weighted by molar-refractivity contribution is -0.113. The Morgan fingerprint density at radius 2 is 2.05 bits per heavy atom. The zero-order chi connectivity index (χ0) is 14.9. The van der Waals surface area contributed by atoms with E-state index in [1.54, 1.807) is 11.8 Å². The molecular formula is C14H24N4OS2. The Hall–Kier alpha value is -0.660. The van der Waals surface area contributed by atoms with Crippen LogP contribution in [0.3, 0.4) is 0 Å². The Balaban J connectivity index is 1.58. The molecule has 1 saturated heterocycles. The smallest absolute Gasteiger partial charge is 0.236 e. The van der Waals surface area contributed by atoms with Gasteiger partial charge in [-0.05, 0) is 32.4 Å². The maximum absolute atomic E-state index is 11.8. The minimum atomic E-state index is 0.0228. The minimum absolute atomic E-state index is 0.0228. The van der Waals surface area contributed by atoms with Crippen molar-refractivity contribution in [3.63, 3.8) is 0 Å². The first-order chi connectivity index (χ1) is 10.3. The summed E-state index contributed by atoms with van der Waals surface area (Å²) in [4.78, 5) is 14.3. The molecule has 1 aromatic rings. The highest BCUT2D eigenvalue weighted by atomic mass is 32.2. The number of rotatable bonds is 7. The SMILES string of the molecule is CCc1nnc(NC(=O)CSCCN2CCCCCC2)s1. The summed E-state index contributed by atoms with van der Waals surface area (Å²) in [5.41, 5.74) is 0. The molecule has 0 aromatic carbocycles. The first-order valence-electron chi connectivity index (χ1n) is 7.70. The molecule has 1 aliphatic heterocycles. The predicted octanol–water partition coefficient (Wildman–Crippen LogP) is 2.65. The van der Waals surface area contributed by atoms with Crippen molar-refractivity contribution in [3.8, 4) is 0 Å². The van der Waals surface area contributed by atoms with E-state index in [0.29, 0.717) is 10.9 Å². The van der Waals surface area contributed by atoms with E-state index in [1.165, 1.54) is 50.1 Å². The highest BCUT2D eigenvalue weighted by Gasteiger charge is 2.10. The first-order valence-corrected chi connectivity index (χ1v) is 9.67. The molecule has 0 saturated carbocycles. The molecule has 0 spiro atoms. The van der Waals surface area contributed by atoms with Crippen LogP contribution in [0.1, 0.15) is 37.6 Å². The number of likely N-dealkylation sites (tertiary alicyclic amines) is 1. The lowest BCUT2D eigenvalue weighted by Crippen LogP contribution is -2.27. The van der Waals surface area contributed by atoms with E-state index >= 15 is 0 Å². The van der Waals surface area contributed by atoms with E-state index in [1.807, 2.05) is 6.92 Å². The molecule has 21 heavy (non-hydrogen) atoms. The second-order valence-corrected chi connectivity index (χ2v) is 7.38. The average molecular weight is 329 g/mol. The Bertz CT molecular complexity index is 430. The molecular weight excluding hydrogens is 304 g/mol. The molecule has 1 amide bonds. The fourth-order valence-corrected chi connectivity index (χ4v) is 3.81. The number of carbonyl (C=O) groups is 1. The van der Waals surface area contributed by atoms with Crippen LogP contribution in [0.4, 0.5) is 5.13 Å². The second kappa shape index (κ2) is 9.38. The van der Waals surface area contributed by atoms with Gasteiger partial charge in [-0.15, -0.1) is 10.2 Å². The van der Waals surface area contributed by atoms with E-state index in [4.69, 9.17) is 0 Å². The molecule has 1 fully saturated rings. The van der Waals surface area contributed by atoms with E-state index in [0.717, 1.165) is 23.7 Å². The number of aryl methyl sites for hydroxylation is 1. The zero-order valence-corrected chi connectivity index (χ0v) is 14.3. The van der Waals surface area contributed by atoms with Crippen LogP contribution < -0.4 is 5.32 Å². The second-order valence-electron chi connectivity index (χ2n) is 5.21. The van der Waals surface area contributed by atoms with Gasteiger partial charge in [-0.1, -0.05) is 31.1 Å². The van der Waals surface area contributed by atoms with Gasteiger partial charge in [0.15, 0.2) is 0 Å².